The van der Waals surface area contributed by atoms with Crippen molar-refractivity contribution in [2.45, 2.75) is 131 Å². The summed E-state index contributed by atoms with van der Waals surface area (Å²) in [7, 11) is 1.52. The van der Waals surface area contributed by atoms with Gasteiger partial charge in [-0.3, -0.25) is 19.2 Å². The first-order valence-electron chi connectivity index (χ1n) is 34.7. The minimum absolute atomic E-state index is 0.148. The summed E-state index contributed by atoms with van der Waals surface area (Å²) in [6.07, 6.45) is -29.2. The Kier molecular flexibility index (Phi) is 24.2. The third-order valence-corrected chi connectivity index (χ3v) is 20.5. The number of amides is 4. The van der Waals surface area contributed by atoms with E-state index in [1.54, 1.807) is 54.6 Å². The van der Waals surface area contributed by atoms with Gasteiger partial charge in [0.25, 0.3) is 17.1 Å². The molecule has 13 rings (SSSR count). The molecule has 1 unspecified atom stereocenters. The number of nitrogens with one attached hydrogen (secondary N) is 1. The predicted octanol–water partition coefficient (Wildman–Crippen LogP) is 15.5. The van der Waals surface area contributed by atoms with E-state index < -0.39 is 82.2 Å². The molecule has 9 N–H and O–H groups in total. The first kappa shape index (κ1) is 83.9. The van der Waals surface area contributed by atoms with Crippen molar-refractivity contribution in [2.75, 3.05) is 59.4 Å². The molecular weight excluding hydrogens is 1510 g/mol. The average molecular weight is 1590 g/mol. The topological polar surface area (TPSA) is 221 Å². The molecule has 1 atom stereocenters. The first-order valence-corrected chi connectivity index (χ1v) is 34.7. The van der Waals surface area contributed by atoms with Gasteiger partial charge >= 0.3 is 37.1 Å². The van der Waals surface area contributed by atoms with Gasteiger partial charge in [0.2, 0.25) is 17.7 Å². The lowest BCUT2D eigenvalue weighted by Gasteiger charge is -2.34. The third-order valence-electron chi connectivity index (χ3n) is 20.5. The third kappa shape index (κ3) is 17.5. The molecule has 4 amide bonds. The standard InChI is InChI=1S/C20H18F6N2O2.C20H18F6N2O.C20H22N2O2.C19H16F6N2O2/c1-27-17(29)14-4-7-16-13(10-14)8-9-28(16)11-12-2-5-15(6-3-12)18(30,19(21,22)23)20(24,25)26;1-18(19(21,22)23,20(24,25)26)15-5-2-12(3-6-15)11-28-9-8-13-10-14(17(27)29)4-7-16(13)28;21-20(23)17-7-8-18-16(12-17)9-10-22(18)13-14-3-5-15(6-4-14)19-2-1-11-24-19;20-18(21,22)17(29,19(23,24)25)14-4-1-11(2-5-14)10-27-8-7-12-9-13(16(26)28)3-6-15(12)27/h2-7,10,30H,8-9,11H2,1H3,(H,27,29);2-7,10H,8-9,11H2,1H3,(H2,27,29);3-8,12,19H,1-2,9-11,13H2,(H2,21,23);1-6,9,29H,7-8,10H2,(H2,26,28). The Morgan fingerprint density at radius 1 is 0.393 bits per heavy atom. The second-order valence-electron chi connectivity index (χ2n) is 27.6. The van der Waals surface area contributed by atoms with Crippen molar-refractivity contribution in [2.24, 2.45) is 17.2 Å². The molecule has 0 bridgehead atoms. The minimum atomic E-state index is -5.92. The summed E-state index contributed by atoms with van der Waals surface area (Å²) in [5, 5.41) is 21.4. The Hall–Kier alpha value is -10.5. The van der Waals surface area contributed by atoms with Gasteiger partial charge in [-0.05, 0) is 174 Å². The van der Waals surface area contributed by atoms with Crippen LogP contribution in [0.2, 0.25) is 0 Å². The molecule has 1 fully saturated rings. The normalized spacial score (nSPS) is 15.8. The van der Waals surface area contributed by atoms with Gasteiger partial charge in [-0.25, -0.2) is 0 Å². The number of halogens is 18. The SMILES string of the molecule is CC(c1ccc(CN2CCc3cc(C(N)=O)ccc32)cc1)(C(F)(F)F)C(F)(F)F.CNC(=O)c1ccc2c(c1)CCN2Cc1ccc(C(O)(C(F)(F)F)C(F)(F)F)cc1.NC(=O)c1ccc2c(c1)CCN2Cc1ccc(C(O)(C(F)(F)F)C(F)(F)F)cc1.NC(=O)c1ccc2c(c1)CCN2Cc1ccc(C2CCCO2)cc1. The van der Waals surface area contributed by atoms with Crippen molar-refractivity contribution >= 4 is 46.4 Å². The largest absolute Gasteiger partial charge is 0.430 e. The quantitative estimate of drug-likeness (QED) is 0.0500. The van der Waals surface area contributed by atoms with Crippen LogP contribution in [-0.4, -0.2) is 111 Å². The van der Waals surface area contributed by atoms with Crippen LogP contribution in [0.3, 0.4) is 0 Å². The number of primary amides is 3. The van der Waals surface area contributed by atoms with E-state index in [0.29, 0.717) is 109 Å². The van der Waals surface area contributed by atoms with Gasteiger partial charge < -0.3 is 57.1 Å². The highest BCUT2D eigenvalue weighted by atomic mass is 19.4. The number of hydrogen-bond acceptors (Lipinski definition) is 11. The van der Waals surface area contributed by atoms with Gasteiger partial charge in [0.15, 0.2) is 5.41 Å². The van der Waals surface area contributed by atoms with Crippen molar-refractivity contribution < 1.29 is 113 Å². The number of ether oxygens (including phenoxy) is 1. The van der Waals surface area contributed by atoms with Gasteiger partial charge in [0, 0.05) is 122 Å². The van der Waals surface area contributed by atoms with Gasteiger partial charge in [0.05, 0.1) is 6.10 Å². The van der Waals surface area contributed by atoms with Crippen LogP contribution in [0.15, 0.2) is 170 Å². The second kappa shape index (κ2) is 32.3. The van der Waals surface area contributed by atoms with E-state index in [4.69, 9.17) is 21.9 Å². The number of carbonyl (C=O) groups is 4. The van der Waals surface area contributed by atoms with Gasteiger partial charge in [-0.15, -0.1) is 0 Å². The number of fused-ring (bicyclic) bond motifs is 4. The van der Waals surface area contributed by atoms with Crippen LogP contribution in [0.5, 0.6) is 0 Å². The van der Waals surface area contributed by atoms with E-state index >= 15 is 0 Å². The molecule has 33 heteroatoms. The molecule has 1 saturated heterocycles. The summed E-state index contributed by atoms with van der Waals surface area (Å²) >= 11 is 0. The number of benzene rings is 8. The number of rotatable bonds is 16. The summed E-state index contributed by atoms with van der Waals surface area (Å²) in [6, 6.07) is 41.0. The molecule has 8 aromatic rings. The molecule has 5 heterocycles. The number of anilines is 4. The highest BCUT2D eigenvalue weighted by Gasteiger charge is 2.73. The monoisotopic (exact) mass is 1590 g/mol. The predicted molar refractivity (Wildman–Crippen MR) is 379 cm³/mol. The highest BCUT2D eigenvalue weighted by Crippen LogP contribution is 2.54. The zero-order valence-corrected chi connectivity index (χ0v) is 59.6. The Morgan fingerprint density at radius 3 is 0.911 bits per heavy atom. The molecule has 112 heavy (non-hydrogen) atoms. The van der Waals surface area contributed by atoms with Crippen LogP contribution >= 0.6 is 0 Å². The summed E-state index contributed by atoms with van der Waals surface area (Å²) in [4.78, 5) is 53.7. The maximum absolute atomic E-state index is 13.2. The first-order chi connectivity index (χ1) is 52.3. The molecule has 0 spiro atoms. The van der Waals surface area contributed by atoms with Crippen LogP contribution < -0.4 is 42.1 Å². The zero-order chi connectivity index (χ0) is 82.1. The fourth-order valence-corrected chi connectivity index (χ4v) is 14.0. The smallest absolute Gasteiger partial charge is 0.374 e. The number of hydrogen-bond donors (Lipinski definition) is 6. The summed E-state index contributed by atoms with van der Waals surface area (Å²) < 4.78 is 241. The van der Waals surface area contributed by atoms with E-state index in [1.165, 1.54) is 41.6 Å². The van der Waals surface area contributed by atoms with Crippen LogP contribution in [0.1, 0.15) is 134 Å². The number of alkyl halides is 18. The highest BCUT2D eigenvalue weighted by molar-refractivity contribution is 5.96. The molecule has 5 aliphatic heterocycles. The molecule has 598 valence electrons. The van der Waals surface area contributed by atoms with Crippen LogP contribution in [-0.2, 0) is 73.2 Å². The van der Waals surface area contributed by atoms with E-state index in [0.717, 1.165) is 109 Å². The lowest BCUT2D eigenvalue weighted by Crippen LogP contribution is -2.53. The lowest BCUT2D eigenvalue weighted by atomic mass is 9.80. The molecular formula is C79H74F18N8O7. The minimum Gasteiger partial charge on any atom is -0.374 e. The zero-order valence-electron chi connectivity index (χ0n) is 59.6. The number of carbonyl (C=O) groups excluding carboxylic acids is 4. The van der Waals surface area contributed by atoms with E-state index in [-0.39, 0.29) is 37.9 Å². The van der Waals surface area contributed by atoms with Crippen molar-refractivity contribution in [3.8, 4) is 0 Å². The molecule has 0 aromatic heterocycles. The van der Waals surface area contributed by atoms with Gasteiger partial charge in [0.1, 0.15) is 0 Å². The molecule has 5 aliphatic rings. The van der Waals surface area contributed by atoms with Crippen molar-refractivity contribution in [1.29, 1.82) is 0 Å². The van der Waals surface area contributed by atoms with Gasteiger partial charge in [-0.1, -0.05) is 97.1 Å². The lowest BCUT2D eigenvalue weighted by molar-refractivity contribution is -0.376. The maximum atomic E-state index is 13.2. The van der Waals surface area contributed by atoms with Crippen molar-refractivity contribution in [3.05, 3.63) is 259 Å². The van der Waals surface area contributed by atoms with Gasteiger partial charge in [-0.2, -0.15) is 79.0 Å². The Bertz CT molecular complexity index is 4520. The molecule has 0 aliphatic carbocycles. The Morgan fingerprint density at radius 2 is 0.661 bits per heavy atom. The van der Waals surface area contributed by atoms with Crippen molar-refractivity contribution in [3.63, 3.8) is 0 Å². The molecule has 15 nitrogen and oxygen atoms in total. The van der Waals surface area contributed by atoms with Crippen molar-refractivity contribution in [1.82, 2.24) is 5.32 Å². The Labute approximate surface area is 629 Å². The molecule has 0 radical (unpaired) electrons. The molecule has 0 saturated carbocycles. The Balaban J connectivity index is 0.000000159. The van der Waals surface area contributed by atoms with E-state index in [2.05, 4.69) is 34.5 Å². The summed E-state index contributed by atoms with van der Waals surface area (Å²) in [5.41, 5.74) is 12.2. The van der Waals surface area contributed by atoms with Crippen LogP contribution in [0, 0.1) is 0 Å². The van der Waals surface area contributed by atoms with E-state index in [1.807, 2.05) is 32.9 Å². The van der Waals surface area contributed by atoms with Crippen LogP contribution in [0.4, 0.5) is 102 Å². The maximum Gasteiger partial charge on any atom is 0.430 e. The number of nitrogens with two attached hydrogens (primary N) is 3. The summed E-state index contributed by atoms with van der Waals surface area (Å²) in [5.74, 6) is -1.70. The van der Waals surface area contributed by atoms with Crippen LogP contribution in [0.25, 0.3) is 0 Å². The number of aliphatic hydroxyl groups is 2. The summed E-state index contributed by atoms with van der Waals surface area (Å²) in [6.45, 7) is 5.46. The fourth-order valence-electron chi connectivity index (χ4n) is 14.0. The fraction of sp³-hybridized carbons (Fsp3) is 0.342. The number of nitrogens with zero attached hydrogens (tertiary/aromatic N) is 4. The molecule has 8 aromatic carbocycles. The van der Waals surface area contributed by atoms with E-state index in [9.17, 15) is 108 Å². The average Bonchev–Trinajstić information content (AvgIpc) is 1.41. The second-order valence-corrected chi connectivity index (χ2v) is 27.6.